The summed E-state index contributed by atoms with van der Waals surface area (Å²) in [4.78, 5) is 10.3. The molecule has 2 heterocycles. The Hall–Kier alpha value is -1.72. The van der Waals surface area contributed by atoms with Gasteiger partial charge in [-0.25, -0.2) is 5.48 Å². The van der Waals surface area contributed by atoms with E-state index >= 15 is 0 Å². The minimum atomic E-state index is -0.169. The molecule has 2 aliphatic heterocycles. The van der Waals surface area contributed by atoms with Crippen LogP contribution < -0.4 is 5.48 Å². The molecule has 0 aromatic carbocycles. The van der Waals surface area contributed by atoms with Crippen molar-refractivity contribution >= 4 is 11.9 Å². The molecule has 2 rings (SSSR count). The Bertz CT molecular complexity index is 595. The number of hydrazone groups is 1. The molecule has 5 heteroatoms. The van der Waals surface area contributed by atoms with Crippen LogP contribution in [-0.4, -0.2) is 42.2 Å². The molecule has 5 nitrogen and oxygen atoms in total. The Morgan fingerprint density at radius 2 is 2.36 bits per heavy atom. The zero-order valence-corrected chi connectivity index (χ0v) is 16.1. The second-order valence-electron chi connectivity index (χ2n) is 7.17. The van der Waals surface area contributed by atoms with Crippen LogP contribution in [0.5, 0.6) is 0 Å². The summed E-state index contributed by atoms with van der Waals surface area (Å²) in [5.41, 5.74) is 7.52. The van der Waals surface area contributed by atoms with E-state index in [0.29, 0.717) is 0 Å². The highest BCUT2D eigenvalue weighted by Crippen LogP contribution is 2.22. The van der Waals surface area contributed by atoms with Crippen LogP contribution in [0, 0.1) is 0 Å². The third kappa shape index (κ3) is 5.94. The molecule has 138 valence electrons. The third-order valence-corrected chi connectivity index (χ3v) is 4.72. The summed E-state index contributed by atoms with van der Waals surface area (Å²) in [7, 11) is 0. The maximum absolute atomic E-state index is 5.61. The van der Waals surface area contributed by atoms with E-state index in [0.717, 1.165) is 51.0 Å². The first-order chi connectivity index (χ1) is 12.0. The average molecular weight is 345 g/mol. The van der Waals surface area contributed by atoms with Crippen LogP contribution in [0.3, 0.4) is 0 Å². The Kier molecular flexibility index (Phi) is 7.14. The summed E-state index contributed by atoms with van der Waals surface area (Å²) < 4.78 is 0. The molecule has 2 aliphatic rings. The van der Waals surface area contributed by atoms with E-state index in [1.54, 1.807) is 0 Å². The fraction of sp³-hybridized carbons (Fsp3) is 0.600. The molecule has 0 saturated carbocycles. The van der Waals surface area contributed by atoms with Crippen LogP contribution in [0.2, 0.25) is 0 Å². The van der Waals surface area contributed by atoms with Crippen LogP contribution in [0.25, 0.3) is 0 Å². The van der Waals surface area contributed by atoms with E-state index in [2.05, 4.69) is 55.9 Å². The van der Waals surface area contributed by atoms with Crippen LogP contribution in [0.15, 0.2) is 45.7 Å². The van der Waals surface area contributed by atoms with Crippen molar-refractivity contribution in [3.63, 3.8) is 0 Å². The Labute approximate surface area is 152 Å². The lowest BCUT2D eigenvalue weighted by atomic mass is 9.98. The minimum Gasteiger partial charge on any atom is -0.294 e. The lowest BCUT2D eigenvalue weighted by Crippen LogP contribution is -2.38. The highest BCUT2D eigenvalue weighted by Gasteiger charge is 2.33. The number of allylic oxidation sites excluding steroid dienone is 4. The maximum Gasteiger partial charge on any atom is 0.107 e. The molecule has 0 aliphatic carbocycles. The van der Waals surface area contributed by atoms with Gasteiger partial charge in [-0.2, -0.15) is 5.10 Å². The SMILES string of the molecule is C=C(C/C(=C\N=C1C=NN(CC2(C)CCNO2)C1)CCC)/C(C)=C\C. The molecule has 0 aromatic rings. The monoisotopic (exact) mass is 344 g/mol. The van der Waals surface area contributed by atoms with E-state index < -0.39 is 0 Å². The predicted molar refractivity (Wildman–Crippen MR) is 106 cm³/mol. The van der Waals surface area contributed by atoms with Gasteiger partial charge in [0.25, 0.3) is 0 Å². The normalized spacial score (nSPS) is 26.1. The van der Waals surface area contributed by atoms with Gasteiger partial charge < -0.3 is 0 Å². The summed E-state index contributed by atoms with van der Waals surface area (Å²) in [6.07, 6.45) is 10.0. The molecule has 0 amide bonds. The number of nitrogens with zero attached hydrogens (tertiary/aromatic N) is 3. The quantitative estimate of drug-likeness (QED) is 0.677. The van der Waals surface area contributed by atoms with Gasteiger partial charge >= 0.3 is 0 Å². The second-order valence-corrected chi connectivity index (χ2v) is 7.17. The van der Waals surface area contributed by atoms with Gasteiger partial charge in [0.2, 0.25) is 0 Å². The lowest BCUT2D eigenvalue weighted by Gasteiger charge is -2.26. The van der Waals surface area contributed by atoms with Crippen molar-refractivity contribution < 1.29 is 4.84 Å². The van der Waals surface area contributed by atoms with Crippen molar-refractivity contribution in [2.75, 3.05) is 19.6 Å². The number of rotatable bonds is 8. The summed E-state index contributed by atoms with van der Waals surface area (Å²) in [6, 6.07) is 0. The van der Waals surface area contributed by atoms with Gasteiger partial charge in [-0.15, -0.1) is 0 Å². The van der Waals surface area contributed by atoms with Gasteiger partial charge in [0, 0.05) is 12.7 Å². The van der Waals surface area contributed by atoms with Gasteiger partial charge in [-0.3, -0.25) is 14.8 Å². The topological polar surface area (TPSA) is 49.2 Å². The van der Waals surface area contributed by atoms with Crippen molar-refractivity contribution in [3.05, 3.63) is 35.6 Å². The average Bonchev–Trinajstić information content (AvgIpc) is 3.21. The van der Waals surface area contributed by atoms with E-state index in [1.165, 1.54) is 16.7 Å². The molecule has 0 radical (unpaired) electrons. The molecule has 1 saturated heterocycles. The maximum atomic E-state index is 5.61. The number of aliphatic imine (C=N–C) groups is 1. The number of hydroxylamine groups is 1. The van der Waals surface area contributed by atoms with Crippen molar-refractivity contribution in [1.82, 2.24) is 10.5 Å². The van der Waals surface area contributed by atoms with E-state index in [4.69, 9.17) is 4.84 Å². The molecule has 1 atom stereocenters. The van der Waals surface area contributed by atoms with Crippen molar-refractivity contribution in [2.45, 2.75) is 59.0 Å². The first-order valence-electron chi connectivity index (χ1n) is 9.21. The number of hydrogen-bond donors (Lipinski definition) is 1. The van der Waals surface area contributed by atoms with Gasteiger partial charge in [0.1, 0.15) is 5.60 Å². The van der Waals surface area contributed by atoms with E-state index in [-0.39, 0.29) is 5.60 Å². The van der Waals surface area contributed by atoms with Crippen molar-refractivity contribution in [1.29, 1.82) is 0 Å². The summed E-state index contributed by atoms with van der Waals surface area (Å²) in [5, 5.41) is 6.50. The Morgan fingerprint density at radius 3 is 3.00 bits per heavy atom. The predicted octanol–water partition coefficient (Wildman–Crippen LogP) is 4.01. The van der Waals surface area contributed by atoms with Crippen molar-refractivity contribution in [3.8, 4) is 0 Å². The third-order valence-electron chi connectivity index (χ3n) is 4.72. The van der Waals surface area contributed by atoms with Crippen LogP contribution in [-0.2, 0) is 4.84 Å². The van der Waals surface area contributed by atoms with Crippen molar-refractivity contribution in [2.24, 2.45) is 10.1 Å². The molecule has 0 bridgehead atoms. The van der Waals surface area contributed by atoms with Gasteiger partial charge in [0.15, 0.2) is 0 Å². The Balaban J connectivity index is 1.95. The number of hydrogen-bond acceptors (Lipinski definition) is 5. The summed E-state index contributed by atoms with van der Waals surface area (Å²) in [6.45, 7) is 15.1. The summed E-state index contributed by atoms with van der Waals surface area (Å²) in [5.74, 6) is 0. The fourth-order valence-electron chi connectivity index (χ4n) is 2.99. The van der Waals surface area contributed by atoms with Crippen LogP contribution >= 0.6 is 0 Å². The second kappa shape index (κ2) is 9.11. The minimum absolute atomic E-state index is 0.169. The first-order valence-corrected chi connectivity index (χ1v) is 9.21. The van der Waals surface area contributed by atoms with Gasteiger partial charge in [-0.1, -0.05) is 31.6 Å². The first kappa shape index (κ1) is 19.6. The zero-order valence-electron chi connectivity index (χ0n) is 16.1. The molecule has 0 spiro atoms. The molecular formula is C20H32N4O. The highest BCUT2D eigenvalue weighted by atomic mass is 16.7. The lowest BCUT2D eigenvalue weighted by molar-refractivity contribution is -0.0559. The van der Waals surface area contributed by atoms with Crippen LogP contribution in [0.1, 0.15) is 53.4 Å². The largest absolute Gasteiger partial charge is 0.294 e. The molecule has 1 N–H and O–H groups in total. The molecule has 1 fully saturated rings. The number of nitrogens with one attached hydrogen (secondary N) is 1. The Morgan fingerprint density at radius 1 is 1.56 bits per heavy atom. The van der Waals surface area contributed by atoms with Gasteiger partial charge in [0.05, 0.1) is 25.0 Å². The molecular weight excluding hydrogens is 312 g/mol. The smallest absolute Gasteiger partial charge is 0.107 e. The standard InChI is InChI=1S/C20H32N4O/c1-6-8-18(11-17(4)16(3)7-2)12-21-19-13-22-24(14-19)15-20(5)9-10-23-25-20/h7,12-13,23H,4,6,8-11,14-15H2,1-3,5H3/b16-7-,18-12-,21-19?. The zero-order chi connectivity index (χ0) is 18.3. The van der Waals surface area contributed by atoms with Crippen LogP contribution in [0.4, 0.5) is 0 Å². The highest BCUT2D eigenvalue weighted by molar-refractivity contribution is 6.32. The molecule has 0 aromatic heterocycles. The van der Waals surface area contributed by atoms with Gasteiger partial charge in [-0.05, 0) is 51.2 Å². The summed E-state index contributed by atoms with van der Waals surface area (Å²) >= 11 is 0. The molecule has 1 unspecified atom stereocenters. The van der Waals surface area contributed by atoms with E-state index in [9.17, 15) is 0 Å². The molecule has 25 heavy (non-hydrogen) atoms. The fourth-order valence-corrected chi connectivity index (χ4v) is 2.99. The van der Waals surface area contributed by atoms with E-state index in [1.807, 2.05) is 17.4 Å².